The molecule has 0 heterocycles. The van der Waals surface area contributed by atoms with Gasteiger partial charge in [-0.15, -0.1) is 0 Å². The summed E-state index contributed by atoms with van der Waals surface area (Å²) >= 11 is 0. The minimum Gasteiger partial charge on any atom is -0.462 e. The van der Waals surface area contributed by atoms with Gasteiger partial charge in [0.25, 0.3) is 0 Å². The Kier molecular flexibility index (Phi) is 47.1. The Morgan fingerprint density at radius 3 is 0.683 bits per heavy atom. The van der Waals surface area contributed by atoms with Gasteiger partial charge in [0.15, 0.2) is 6.10 Å². The second-order valence-electron chi connectivity index (χ2n) is 21.0. The zero-order valence-electron chi connectivity index (χ0n) is 43.4. The summed E-state index contributed by atoms with van der Waals surface area (Å²) in [7, 11) is 0. The van der Waals surface area contributed by atoms with E-state index in [1.54, 1.807) is 0 Å². The summed E-state index contributed by atoms with van der Waals surface area (Å²) < 4.78 is 16.8. The van der Waals surface area contributed by atoms with E-state index in [4.69, 9.17) is 14.2 Å². The first-order valence-electron chi connectivity index (χ1n) is 28.1. The first-order chi connectivity index (χ1) is 30.6. The molecule has 0 aromatic carbocycles. The van der Waals surface area contributed by atoms with Crippen LogP contribution in [0.4, 0.5) is 0 Å². The van der Waals surface area contributed by atoms with E-state index in [9.17, 15) is 14.4 Å². The van der Waals surface area contributed by atoms with E-state index in [1.807, 2.05) is 0 Å². The summed E-state index contributed by atoms with van der Waals surface area (Å²) in [6, 6.07) is 0. The first kappa shape index (κ1) is 61.4. The fourth-order valence-corrected chi connectivity index (χ4v) is 8.65. The molecule has 0 N–H and O–H groups in total. The normalized spacial score (nSPS) is 12.1. The van der Waals surface area contributed by atoms with E-state index in [-0.39, 0.29) is 31.1 Å². The van der Waals surface area contributed by atoms with Gasteiger partial charge in [0.2, 0.25) is 0 Å². The number of unbranched alkanes of at least 4 members (excludes halogenated alkanes) is 33. The van der Waals surface area contributed by atoms with Crippen LogP contribution in [0.1, 0.15) is 311 Å². The van der Waals surface area contributed by atoms with Crippen molar-refractivity contribution in [2.24, 2.45) is 17.8 Å². The lowest BCUT2D eigenvalue weighted by atomic mass is 10.0. The summed E-state index contributed by atoms with van der Waals surface area (Å²) in [4.78, 5) is 38.0. The van der Waals surface area contributed by atoms with Gasteiger partial charge in [-0.25, -0.2) is 0 Å². The van der Waals surface area contributed by atoms with Gasteiger partial charge in [-0.05, 0) is 37.0 Å². The van der Waals surface area contributed by atoms with Crippen LogP contribution in [0, 0.1) is 17.8 Å². The van der Waals surface area contributed by atoms with Gasteiger partial charge in [0.1, 0.15) is 13.2 Å². The molecule has 0 aliphatic carbocycles. The molecule has 0 fully saturated rings. The van der Waals surface area contributed by atoms with Gasteiger partial charge in [-0.2, -0.15) is 0 Å². The average Bonchev–Trinajstić information content (AvgIpc) is 3.24. The van der Waals surface area contributed by atoms with E-state index in [0.717, 1.165) is 75.5 Å². The molecule has 0 spiro atoms. The van der Waals surface area contributed by atoms with Crippen molar-refractivity contribution in [2.45, 2.75) is 317 Å². The lowest BCUT2D eigenvalue weighted by Gasteiger charge is -2.18. The fraction of sp³-hybridized carbons (Fsp3) is 0.947. The van der Waals surface area contributed by atoms with Crippen molar-refractivity contribution in [1.29, 1.82) is 0 Å². The molecule has 0 rings (SSSR count). The highest BCUT2D eigenvalue weighted by Crippen LogP contribution is 2.18. The molecular formula is C57H110O6. The molecule has 0 aromatic rings. The highest BCUT2D eigenvalue weighted by molar-refractivity contribution is 5.71. The van der Waals surface area contributed by atoms with Crippen LogP contribution in [0.3, 0.4) is 0 Å². The zero-order valence-corrected chi connectivity index (χ0v) is 43.4. The van der Waals surface area contributed by atoms with Gasteiger partial charge in [0.05, 0.1) is 0 Å². The molecule has 0 unspecified atom stereocenters. The Bertz CT molecular complexity index is 976. The van der Waals surface area contributed by atoms with Gasteiger partial charge in [0, 0.05) is 19.3 Å². The molecule has 1 atom stereocenters. The predicted molar refractivity (Wildman–Crippen MR) is 270 cm³/mol. The van der Waals surface area contributed by atoms with Crippen molar-refractivity contribution in [2.75, 3.05) is 13.2 Å². The second-order valence-corrected chi connectivity index (χ2v) is 21.0. The van der Waals surface area contributed by atoms with Crippen LogP contribution in [0.2, 0.25) is 0 Å². The van der Waals surface area contributed by atoms with Gasteiger partial charge in [-0.1, -0.05) is 273 Å². The van der Waals surface area contributed by atoms with E-state index in [2.05, 4.69) is 41.5 Å². The second kappa shape index (κ2) is 48.3. The Hall–Kier alpha value is -1.59. The lowest BCUT2D eigenvalue weighted by Crippen LogP contribution is -2.30. The van der Waals surface area contributed by atoms with E-state index in [0.29, 0.717) is 19.3 Å². The number of hydrogen-bond donors (Lipinski definition) is 0. The smallest absolute Gasteiger partial charge is 0.306 e. The number of rotatable bonds is 50. The number of esters is 3. The molecule has 0 radical (unpaired) electrons. The number of carbonyl (C=O) groups excluding carboxylic acids is 3. The molecule has 0 saturated heterocycles. The predicted octanol–water partition coefficient (Wildman–Crippen LogP) is 18.3. The van der Waals surface area contributed by atoms with Crippen molar-refractivity contribution in [3.63, 3.8) is 0 Å². The number of ether oxygens (including phenoxy) is 3. The van der Waals surface area contributed by atoms with Crippen LogP contribution in [-0.2, 0) is 28.6 Å². The molecule has 0 bridgehead atoms. The number of hydrogen-bond acceptors (Lipinski definition) is 6. The third kappa shape index (κ3) is 51.3. The Morgan fingerprint density at radius 2 is 0.460 bits per heavy atom. The molecule has 0 aliphatic rings. The Morgan fingerprint density at radius 1 is 0.270 bits per heavy atom. The molecule has 374 valence electrons. The lowest BCUT2D eigenvalue weighted by molar-refractivity contribution is -0.167. The molecular weight excluding hydrogens is 781 g/mol. The largest absolute Gasteiger partial charge is 0.462 e. The highest BCUT2D eigenvalue weighted by Gasteiger charge is 2.19. The zero-order chi connectivity index (χ0) is 46.3. The minimum absolute atomic E-state index is 0.0643. The molecule has 0 saturated carbocycles. The van der Waals surface area contributed by atoms with E-state index < -0.39 is 6.10 Å². The van der Waals surface area contributed by atoms with Crippen molar-refractivity contribution >= 4 is 17.9 Å². The van der Waals surface area contributed by atoms with Gasteiger partial charge in [-0.3, -0.25) is 14.4 Å². The van der Waals surface area contributed by atoms with Crippen LogP contribution in [0.25, 0.3) is 0 Å². The van der Waals surface area contributed by atoms with Crippen molar-refractivity contribution in [3.8, 4) is 0 Å². The summed E-state index contributed by atoms with van der Waals surface area (Å²) in [5.41, 5.74) is 0. The maximum Gasteiger partial charge on any atom is 0.306 e. The number of carbonyl (C=O) groups is 3. The van der Waals surface area contributed by atoms with Gasteiger partial charge < -0.3 is 14.2 Å². The minimum atomic E-state index is -0.763. The summed E-state index contributed by atoms with van der Waals surface area (Å²) in [6.07, 6.45) is 49.6. The third-order valence-corrected chi connectivity index (χ3v) is 12.9. The fourth-order valence-electron chi connectivity index (χ4n) is 8.65. The SMILES string of the molecule is CC(C)CCCCCCCCCCCCCCCCCCCCC(=O)OC[C@H](COC(=O)CCCCCCCCCCC(C)C)OC(=O)CCCCCCCCCCCCC(C)C. The first-order valence-corrected chi connectivity index (χ1v) is 28.1. The Balaban J connectivity index is 4.22. The van der Waals surface area contributed by atoms with E-state index in [1.165, 1.54) is 193 Å². The topological polar surface area (TPSA) is 78.9 Å². The van der Waals surface area contributed by atoms with Crippen LogP contribution in [-0.4, -0.2) is 37.2 Å². The quantitative estimate of drug-likeness (QED) is 0.0344. The third-order valence-electron chi connectivity index (χ3n) is 12.9. The van der Waals surface area contributed by atoms with E-state index >= 15 is 0 Å². The average molecular weight is 892 g/mol. The molecule has 6 nitrogen and oxygen atoms in total. The van der Waals surface area contributed by atoms with Crippen molar-refractivity contribution in [3.05, 3.63) is 0 Å². The van der Waals surface area contributed by atoms with Crippen molar-refractivity contribution in [1.82, 2.24) is 0 Å². The van der Waals surface area contributed by atoms with Crippen LogP contribution < -0.4 is 0 Å². The molecule has 6 heteroatoms. The standard InChI is InChI=1S/C57H110O6/c1-51(2)43-37-31-25-19-15-13-11-9-7-8-10-12-14-16-21-28-34-40-46-55(58)61-49-54(50-62-56(59)47-41-35-29-24-23-27-33-39-45-53(5)6)63-57(60)48-42-36-30-22-18-17-20-26-32-38-44-52(3)4/h51-54H,7-50H2,1-6H3/t54-/m1/s1. The summed E-state index contributed by atoms with van der Waals surface area (Å²) in [5, 5.41) is 0. The summed E-state index contributed by atoms with van der Waals surface area (Å²) in [6.45, 7) is 13.7. The summed E-state index contributed by atoms with van der Waals surface area (Å²) in [5.74, 6) is 1.62. The maximum absolute atomic E-state index is 12.8. The maximum atomic E-state index is 12.8. The molecule has 0 aromatic heterocycles. The molecule has 0 aliphatic heterocycles. The van der Waals surface area contributed by atoms with Crippen LogP contribution in [0.5, 0.6) is 0 Å². The van der Waals surface area contributed by atoms with Gasteiger partial charge >= 0.3 is 17.9 Å². The van der Waals surface area contributed by atoms with Crippen molar-refractivity contribution < 1.29 is 28.6 Å². The van der Waals surface area contributed by atoms with Crippen LogP contribution >= 0.6 is 0 Å². The Labute approximate surface area is 393 Å². The highest BCUT2D eigenvalue weighted by atomic mass is 16.6. The molecule has 63 heavy (non-hydrogen) atoms. The monoisotopic (exact) mass is 891 g/mol. The van der Waals surface area contributed by atoms with Crippen LogP contribution in [0.15, 0.2) is 0 Å². The molecule has 0 amide bonds.